The molecular formula is C7H14FN. The maximum Gasteiger partial charge on any atom is 0.122 e. The van der Waals surface area contributed by atoms with Crippen molar-refractivity contribution in [3.8, 4) is 0 Å². The molecule has 1 aliphatic rings. The second-order valence-corrected chi connectivity index (χ2v) is 3.10. The van der Waals surface area contributed by atoms with Crippen molar-refractivity contribution in [2.75, 3.05) is 6.54 Å². The molecule has 0 aromatic rings. The Bertz CT molecular complexity index is 101. The predicted octanol–water partition coefficient (Wildman–Crippen LogP) is 1.49. The van der Waals surface area contributed by atoms with Crippen LogP contribution in [0.2, 0.25) is 0 Å². The van der Waals surface area contributed by atoms with Crippen LogP contribution in [-0.4, -0.2) is 18.3 Å². The fraction of sp³-hybridized carbons (Fsp3) is 1.00. The third kappa shape index (κ3) is 1.65. The van der Waals surface area contributed by atoms with Crippen molar-refractivity contribution in [2.45, 2.75) is 38.4 Å². The third-order valence-corrected chi connectivity index (χ3v) is 1.92. The van der Waals surface area contributed by atoms with Crippen molar-refractivity contribution >= 4 is 0 Å². The Morgan fingerprint density at radius 2 is 2.44 bits per heavy atom. The van der Waals surface area contributed by atoms with Crippen LogP contribution in [0.3, 0.4) is 0 Å². The van der Waals surface area contributed by atoms with Gasteiger partial charge < -0.3 is 5.32 Å². The van der Waals surface area contributed by atoms with Crippen LogP contribution in [0.5, 0.6) is 0 Å². The Hall–Kier alpha value is -0.110. The molecular weight excluding hydrogens is 117 g/mol. The highest BCUT2D eigenvalue weighted by molar-refractivity contribution is 4.90. The second-order valence-electron chi connectivity index (χ2n) is 3.10. The molecule has 0 bridgehead atoms. The van der Waals surface area contributed by atoms with Gasteiger partial charge >= 0.3 is 0 Å². The van der Waals surface area contributed by atoms with E-state index in [9.17, 15) is 4.39 Å². The summed E-state index contributed by atoms with van der Waals surface area (Å²) in [6, 6.07) is 0.417. The SMILES string of the molecule is CCC1CC(C)(F)CN1. The van der Waals surface area contributed by atoms with E-state index in [0.717, 1.165) is 6.42 Å². The molecule has 1 rings (SSSR count). The largest absolute Gasteiger partial charge is 0.311 e. The molecule has 2 atom stereocenters. The van der Waals surface area contributed by atoms with Gasteiger partial charge in [0.1, 0.15) is 5.67 Å². The minimum absolute atomic E-state index is 0.417. The van der Waals surface area contributed by atoms with Gasteiger partial charge in [-0.2, -0.15) is 0 Å². The number of hydrogen-bond acceptors (Lipinski definition) is 1. The molecule has 9 heavy (non-hydrogen) atoms. The zero-order valence-corrected chi connectivity index (χ0v) is 6.08. The van der Waals surface area contributed by atoms with Crippen LogP contribution < -0.4 is 5.32 Å². The van der Waals surface area contributed by atoms with Crippen molar-refractivity contribution in [2.24, 2.45) is 0 Å². The smallest absolute Gasteiger partial charge is 0.122 e. The molecule has 0 aromatic carbocycles. The van der Waals surface area contributed by atoms with E-state index in [1.165, 1.54) is 0 Å². The molecule has 0 radical (unpaired) electrons. The van der Waals surface area contributed by atoms with E-state index in [-0.39, 0.29) is 0 Å². The van der Waals surface area contributed by atoms with Gasteiger partial charge in [-0.05, 0) is 19.8 Å². The fourth-order valence-corrected chi connectivity index (χ4v) is 1.30. The van der Waals surface area contributed by atoms with Gasteiger partial charge in [0.05, 0.1) is 0 Å². The summed E-state index contributed by atoms with van der Waals surface area (Å²) in [6.07, 6.45) is 1.73. The van der Waals surface area contributed by atoms with Gasteiger partial charge in [-0.25, -0.2) is 4.39 Å². The first-order chi connectivity index (χ1) is 4.14. The molecule has 1 N–H and O–H groups in total. The van der Waals surface area contributed by atoms with Gasteiger partial charge in [0, 0.05) is 12.6 Å². The lowest BCUT2D eigenvalue weighted by atomic mass is 10.0. The highest BCUT2D eigenvalue weighted by Gasteiger charge is 2.33. The predicted molar refractivity (Wildman–Crippen MR) is 36.2 cm³/mol. The van der Waals surface area contributed by atoms with E-state index in [1.807, 2.05) is 0 Å². The molecule has 0 amide bonds. The lowest BCUT2D eigenvalue weighted by molar-refractivity contribution is 0.213. The monoisotopic (exact) mass is 131 g/mol. The van der Waals surface area contributed by atoms with Crippen LogP contribution in [0.15, 0.2) is 0 Å². The highest BCUT2D eigenvalue weighted by Crippen LogP contribution is 2.23. The topological polar surface area (TPSA) is 12.0 Å². The molecule has 0 aromatic heterocycles. The molecule has 0 aliphatic carbocycles. The van der Waals surface area contributed by atoms with E-state index in [1.54, 1.807) is 6.92 Å². The summed E-state index contributed by atoms with van der Waals surface area (Å²) < 4.78 is 13.0. The molecule has 0 spiro atoms. The normalized spacial score (nSPS) is 43.7. The maximum atomic E-state index is 13.0. The number of hydrogen-bond donors (Lipinski definition) is 1. The van der Waals surface area contributed by atoms with Crippen LogP contribution in [0.1, 0.15) is 26.7 Å². The molecule has 1 fully saturated rings. The number of halogens is 1. The summed E-state index contributed by atoms with van der Waals surface area (Å²) in [4.78, 5) is 0. The zero-order chi connectivity index (χ0) is 6.91. The van der Waals surface area contributed by atoms with Crippen molar-refractivity contribution in [3.05, 3.63) is 0 Å². The second kappa shape index (κ2) is 2.25. The highest BCUT2D eigenvalue weighted by atomic mass is 19.1. The van der Waals surface area contributed by atoms with Gasteiger partial charge in [0.25, 0.3) is 0 Å². The average molecular weight is 131 g/mol. The summed E-state index contributed by atoms with van der Waals surface area (Å²) >= 11 is 0. The first kappa shape index (κ1) is 7.00. The summed E-state index contributed by atoms with van der Waals surface area (Å²) in [5, 5.41) is 3.12. The summed E-state index contributed by atoms with van der Waals surface area (Å²) in [6.45, 7) is 4.28. The molecule has 1 nitrogen and oxygen atoms in total. The van der Waals surface area contributed by atoms with Crippen molar-refractivity contribution in [1.29, 1.82) is 0 Å². The van der Waals surface area contributed by atoms with Gasteiger partial charge in [-0.1, -0.05) is 6.92 Å². The lowest BCUT2D eigenvalue weighted by Crippen LogP contribution is -2.22. The van der Waals surface area contributed by atoms with Crippen molar-refractivity contribution < 1.29 is 4.39 Å². The van der Waals surface area contributed by atoms with E-state index >= 15 is 0 Å². The van der Waals surface area contributed by atoms with E-state index in [2.05, 4.69) is 12.2 Å². The summed E-state index contributed by atoms with van der Waals surface area (Å²) in [5.74, 6) is 0. The molecule has 1 heterocycles. The molecule has 54 valence electrons. The zero-order valence-electron chi connectivity index (χ0n) is 6.08. The van der Waals surface area contributed by atoms with Crippen LogP contribution >= 0.6 is 0 Å². The first-order valence-electron chi connectivity index (χ1n) is 3.56. The maximum absolute atomic E-state index is 13.0. The van der Waals surface area contributed by atoms with E-state index < -0.39 is 5.67 Å². The van der Waals surface area contributed by atoms with Crippen molar-refractivity contribution in [1.82, 2.24) is 5.32 Å². The van der Waals surface area contributed by atoms with Gasteiger partial charge in [0.15, 0.2) is 0 Å². The third-order valence-electron chi connectivity index (χ3n) is 1.92. The Balaban J connectivity index is 2.38. The van der Waals surface area contributed by atoms with Crippen LogP contribution in [0.4, 0.5) is 4.39 Å². The van der Waals surface area contributed by atoms with Crippen molar-refractivity contribution in [3.63, 3.8) is 0 Å². The van der Waals surface area contributed by atoms with Crippen LogP contribution in [0, 0.1) is 0 Å². The summed E-state index contributed by atoms with van der Waals surface area (Å²) in [7, 11) is 0. The Kier molecular flexibility index (Phi) is 1.75. The molecule has 2 unspecified atom stereocenters. The molecule has 0 saturated carbocycles. The first-order valence-corrected chi connectivity index (χ1v) is 3.56. The number of alkyl halides is 1. The van der Waals surface area contributed by atoms with Gasteiger partial charge in [-0.15, -0.1) is 0 Å². The molecule has 2 heteroatoms. The van der Waals surface area contributed by atoms with E-state index in [4.69, 9.17) is 0 Å². The Morgan fingerprint density at radius 3 is 2.67 bits per heavy atom. The number of nitrogens with one attached hydrogen (secondary N) is 1. The minimum atomic E-state index is -0.944. The molecule has 1 saturated heterocycles. The van der Waals surface area contributed by atoms with Gasteiger partial charge in [0.2, 0.25) is 0 Å². The summed E-state index contributed by atoms with van der Waals surface area (Å²) in [5.41, 5.74) is -0.944. The minimum Gasteiger partial charge on any atom is -0.311 e. The fourth-order valence-electron chi connectivity index (χ4n) is 1.30. The average Bonchev–Trinajstić information content (AvgIpc) is 2.10. The standard InChI is InChI=1S/C7H14FN/c1-3-6-4-7(2,8)5-9-6/h6,9H,3-5H2,1-2H3. The molecule has 1 aliphatic heterocycles. The quantitative estimate of drug-likeness (QED) is 0.568. The Labute approximate surface area is 55.6 Å². The Morgan fingerprint density at radius 1 is 1.78 bits per heavy atom. The van der Waals surface area contributed by atoms with Crippen LogP contribution in [-0.2, 0) is 0 Å². The van der Waals surface area contributed by atoms with E-state index in [0.29, 0.717) is 19.0 Å². The van der Waals surface area contributed by atoms with Gasteiger partial charge in [-0.3, -0.25) is 0 Å². The lowest BCUT2D eigenvalue weighted by Gasteiger charge is -2.09. The van der Waals surface area contributed by atoms with Crippen LogP contribution in [0.25, 0.3) is 0 Å². The number of rotatable bonds is 1.